The standard InChI is InChI=1S/C32H42F6N2O3/c1-7-28(39(8-2)19-24-12-10-23(11-13-24)14-29(41)42-9-3)20(4)18-40-21(5)30(43-22(40)6)25-15-26(31(33,34)35)17-27(16-25)32(36,37)38/h7,15-17,21,23-24,30H,4,6,8-14,18-19H2,1-3,5H3. The van der Waals surface area contributed by atoms with Crippen LogP contribution in [0.2, 0.25) is 0 Å². The number of alkyl halides is 6. The van der Waals surface area contributed by atoms with Gasteiger partial charge in [-0.1, -0.05) is 12.7 Å². The fraction of sp³-hybridized carbons (Fsp3) is 0.594. The molecule has 1 saturated heterocycles. The summed E-state index contributed by atoms with van der Waals surface area (Å²) in [5.41, 5.74) is -1.34. The van der Waals surface area contributed by atoms with Crippen LogP contribution in [0, 0.1) is 11.8 Å². The molecule has 2 fully saturated rings. The molecule has 5 nitrogen and oxygen atoms in total. The first-order valence-electron chi connectivity index (χ1n) is 14.8. The van der Waals surface area contributed by atoms with Crippen molar-refractivity contribution in [3.8, 4) is 0 Å². The van der Waals surface area contributed by atoms with Crippen molar-refractivity contribution < 1.29 is 40.6 Å². The molecule has 3 rings (SSSR count). The Balaban J connectivity index is 1.69. The van der Waals surface area contributed by atoms with Gasteiger partial charge in [0.15, 0.2) is 5.88 Å². The topological polar surface area (TPSA) is 42.0 Å². The zero-order valence-corrected chi connectivity index (χ0v) is 25.3. The Morgan fingerprint density at radius 1 is 1.05 bits per heavy atom. The van der Waals surface area contributed by atoms with Gasteiger partial charge in [-0.2, -0.15) is 26.3 Å². The van der Waals surface area contributed by atoms with Gasteiger partial charge >= 0.3 is 18.3 Å². The van der Waals surface area contributed by atoms with Crippen molar-refractivity contribution in [2.24, 2.45) is 11.8 Å². The number of nitrogens with zero attached hydrogens (tertiary/aromatic N) is 2. The Hall–Kier alpha value is -3.11. The summed E-state index contributed by atoms with van der Waals surface area (Å²) in [6.07, 6.45) is -4.65. The van der Waals surface area contributed by atoms with Crippen LogP contribution in [0.25, 0.3) is 0 Å². The van der Waals surface area contributed by atoms with E-state index < -0.39 is 35.6 Å². The molecule has 1 aliphatic carbocycles. The molecule has 11 heteroatoms. The predicted octanol–water partition coefficient (Wildman–Crippen LogP) is 8.50. The molecule has 2 aliphatic rings. The number of halogens is 6. The summed E-state index contributed by atoms with van der Waals surface area (Å²) >= 11 is 0. The van der Waals surface area contributed by atoms with E-state index in [0.29, 0.717) is 37.0 Å². The molecule has 240 valence electrons. The zero-order chi connectivity index (χ0) is 32.1. The summed E-state index contributed by atoms with van der Waals surface area (Å²) < 4.78 is 91.7. The molecular weight excluding hydrogens is 574 g/mol. The van der Waals surface area contributed by atoms with Gasteiger partial charge in [0.25, 0.3) is 0 Å². The SMILES string of the molecule is C=C(CN1C(=C)OC(c2cc(C(F)(F)F)cc(C(F)(F)F)c2)C1C)C(=CC)N(CC)CC1CCC(CC(=O)OCC)CC1. The second-order valence-corrected chi connectivity index (χ2v) is 11.4. The average molecular weight is 617 g/mol. The van der Waals surface area contributed by atoms with Crippen LogP contribution < -0.4 is 0 Å². The summed E-state index contributed by atoms with van der Waals surface area (Å²) in [6, 6.07) is 0.929. The molecule has 1 aromatic carbocycles. The molecule has 0 spiro atoms. The van der Waals surface area contributed by atoms with Crippen molar-refractivity contribution in [3.63, 3.8) is 0 Å². The van der Waals surface area contributed by atoms with E-state index >= 15 is 0 Å². The highest BCUT2D eigenvalue weighted by molar-refractivity contribution is 5.69. The van der Waals surface area contributed by atoms with Gasteiger partial charge in [0.1, 0.15) is 6.10 Å². The first kappa shape index (κ1) is 34.4. The summed E-state index contributed by atoms with van der Waals surface area (Å²) in [5, 5.41) is 0. The van der Waals surface area contributed by atoms with Gasteiger partial charge in [-0.25, -0.2) is 0 Å². The Morgan fingerprint density at radius 3 is 2.09 bits per heavy atom. The van der Waals surface area contributed by atoms with Crippen LogP contribution in [0.1, 0.15) is 82.6 Å². The molecule has 0 bridgehead atoms. The molecule has 1 aromatic rings. The third-order valence-electron chi connectivity index (χ3n) is 8.38. The Bertz CT molecular complexity index is 1150. The first-order chi connectivity index (χ1) is 20.1. The molecule has 0 aromatic heterocycles. The largest absolute Gasteiger partial charge is 0.469 e. The minimum absolute atomic E-state index is 0.113. The van der Waals surface area contributed by atoms with Crippen LogP contribution in [-0.2, 0) is 26.6 Å². The van der Waals surface area contributed by atoms with Gasteiger partial charge < -0.3 is 19.3 Å². The van der Waals surface area contributed by atoms with Crippen molar-refractivity contribution >= 4 is 5.97 Å². The number of benzene rings is 1. The van der Waals surface area contributed by atoms with E-state index in [9.17, 15) is 31.1 Å². The number of hydrogen-bond acceptors (Lipinski definition) is 5. The van der Waals surface area contributed by atoms with Crippen LogP contribution in [0.15, 0.2) is 54.6 Å². The molecule has 0 N–H and O–H groups in total. The van der Waals surface area contributed by atoms with Gasteiger partial charge in [0.2, 0.25) is 0 Å². The Labute approximate surface area is 250 Å². The Morgan fingerprint density at radius 2 is 1.60 bits per heavy atom. The molecule has 0 radical (unpaired) electrons. The number of rotatable bonds is 11. The highest BCUT2D eigenvalue weighted by Gasteiger charge is 2.41. The first-order valence-corrected chi connectivity index (χ1v) is 14.8. The number of carbonyl (C=O) groups is 1. The number of esters is 1. The fourth-order valence-corrected chi connectivity index (χ4v) is 6.11. The van der Waals surface area contributed by atoms with E-state index in [1.807, 2.05) is 19.9 Å². The van der Waals surface area contributed by atoms with Gasteiger partial charge in [-0.3, -0.25) is 4.79 Å². The lowest BCUT2D eigenvalue weighted by Gasteiger charge is -2.36. The molecular formula is C32H42F6N2O3. The van der Waals surface area contributed by atoms with Crippen molar-refractivity contribution in [2.45, 2.75) is 84.3 Å². The molecule has 43 heavy (non-hydrogen) atoms. The summed E-state index contributed by atoms with van der Waals surface area (Å²) in [6.45, 7) is 17.8. The van der Waals surface area contributed by atoms with E-state index in [-0.39, 0.29) is 30.0 Å². The molecule has 1 aliphatic heterocycles. The van der Waals surface area contributed by atoms with Crippen molar-refractivity contribution in [1.29, 1.82) is 0 Å². The van der Waals surface area contributed by atoms with E-state index in [1.165, 1.54) is 0 Å². The molecule has 2 atom stereocenters. The van der Waals surface area contributed by atoms with E-state index in [0.717, 1.165) is 50.0 Å². The summed E-state index contributed by atoms with van der Waals surface area (Å²) in [7, 11) is 0. The van der Waals surface area contributed by atoms with E-state index in [2.05, 4.69) is 18.1 Å². The monoisotopic (exact) mass is 616 g/mol. The van der Waals surface area contributed by atoms with Crippen LogP contribution in [0.5, 0.6) is 0 Å². The van der Waals surface area contributed by atoms with E-state index in [1.54, 1.807) is 18.7 Å². The maximum atomic E-state index is 13.5. The molecule has 2 unspecified atom stereocenters. The van der Waals surface area contributed by atoms with Crippen LogP contribution in [0.3, 0.4) is 0 Å². The average Bonchev–Trinajstić information content (AvgIpc) is 3.21. The third kappa shape index (κ3) is 8.72. The van der Waals surface area contributed by atoms with Crippen LogP contribution in [-0.4, -0.2) is 48.1 Å². The summed E-state index contributed by atoms with van der Waals surface area (Å²) in [4.78, 5) is 15.8. The second kappa shape index (κ2) is 14.1. The van der Waals surface area contributed by atoms with Gasteiger partial charge in [-0.15, -0.1) is 0 Å². The van der Waals surface area contributed by atoms with Gasteiger partial charge in [0.05, 0.1) is 23.8 Å². The predicted molar refractivity (Wildman–Crippen MR) is 152 cm³/mol. The lowest BCUT2D eigenvalue weighted by molar-refractivity contribution is -0.145. The van der Waals surface area contributed by atoms with Crippen molar-refractivity contribution in [3.05, 3.63) is 71.3 Å². The van der Waals surface area contributed by atoms with Crippen LogP contribution in [0.4, 0.5) is 26.3 Å². The molecule has 1 saturated carbocycles. The maximum Gasteiger partial charge on any atom is 0.416 e. The lowest BCUT2D eigenvalue weighted by atomic mass is 9.80. The zero-order valence-electron chi connectivity index (χ0n) is 25.3. The van der Waals surface area contributed by atoms with E-state index in [4.69, 9.17) is 9.47 Å². The van der Waals surface area contributed by atoms with Gasteiger partial charge in [-0.05, 0) is 101 Å². The number of allylic oxidation sites excluding steroid dienone is 1. The number of ether oxygens (including phenoxy) is 2. The maximum absolute atomic E-state index is 13.5. The molecule has 0 amide bonds. The quantitative estimate of drug-likeness (QED) is 0.142. The molecule has 1 heterocycles. The normalized spacial score (nSPS) is 23.3. The number of carbonyl (C=O) groups excluding carboxylic acids is 1. The highest BCUT2D eigenvalue weighted by Crippen LogP contribution is 2.42. The lowest BCUT2D eigenvalue weighted by Crippen LogP contribution is -2.35. The number of hydrogen-bond donors (Lipinski definition) is 0. The minimum atomic E-state index is -4.95. The minimum Gasteiger partial charge on any atom is -0.469 e. The van der Waals surface area contributed by atoms with Gasteiger partial charge in [0, 0.05) is 31.8 Å². The third-order valence-corrected chi connectivity index (χ3v) is 8.38. The smallest absolute Gasteiger partial charge is 0.416 e. The summed E-state index contributed by atoms with van der Waals surface area (Å²) in [5.74, 6) is 0.786. The van der Waals surface area contributed by atoms with Crippen LogP contribution >= 0.6 is 0 Å². The second-order valence-electron chi connectivity index (χ2n) is 11.4. The van der Waals surface area contributed by atoms with Crippen molar-refractivity contribution in [2.75, 3.05) is 26.2 Å². The number of likely N-dealkylation sites (N-methyl/N-ethyl adjacent to an activating group) is 1. The Kier molecular flexibility index (Phi) is 11.3. The highest BCUT2D eigenvalue weighted by atomic mass is 19.4. The van der Waals surface area contributed by atoms with Crippen molar-refractivity contribution in [1.82, 2.24) is 9.80 Å². The fourth-order valence-electron chi connectivity index (χ4n) is 6.11.